The van der Waals surface area contributed by atoms with E-state index in [-0.39, 0.29) is 0 Å². The maximum absolute atomic E-state index is 10.0. The van der Waals surface area contributed by atoms with Gasteiger partial charge in [0.25, 0.3) is 0 Å². The molecule has 3 nitrogen and oxygen atoms in total. The molecule has 1 aliphatic heterocycles. The number of hydrogen-bond acceptors (Lipinski definition) is 1. The second-order valence-electron chi connectivity index (χ2n) is 2.40. The molecule has 0 aliphatic carbocycles. The first-order valence-corrected chi connectivity index (χ1v) is 10.1. The van der Waals surface area contributed by atoms with Gasteiger partial charge < -0.3 is 0 Å². The van der Waals surface area contributed by atoms with Gasteiger partial charge in [-0.25, -0.2) is 4.98 Å². The van der Waals surface area contributed by atoms with Crippen molar-refractivity contribution in [2.24, 2.45) is 0 Å². The van der Waals surface area contributed by atoms with Gasteiger partial charge in [-0.1, -0.05) is 6.07 Å². The van der Waals surface area contributed by atoms with Gasteiger partial charge in [-0.3, -0.25) is 0 Å². The van der Waals surface area contributed by atoms with E-state index in [0.29, 0.717) is 0 Å². The van der Waals surface area contributed by atoms with Crippen LogP contribution in [0.3, 0.4) is 0 Å². The topological polar surface area (TPSA) is 51.4 Å². The summed E-state index contributed by atoms with van der Waals surface area (Å²) in [5.41, 5.74) is 0. The largest absolute Gasteiger partial charge is 0.218 e. The van der Waals surface area contributed by atoms with Crippen molar-refractivity contribution in [3.63, 3.8) is 0 Å². The van der Waals surface area contributed by atoms with Gasteiger partial charge in [-0.05, 0) is 0 Å². The number of carbonyl (C=O) groups is 1. The number of hydrogen-bond donors (Lipinski definition) is 1. The first-order chi connectivity index (χ1) is 6.30. The van der Waals surface area contributed by atoms with Crippen LogP contribution in [0.15, 0.2) is 40.5 Å². The fraction of sp³-hybridized carbons (Fsp3) is 0.111. The normalized spacial score (nSPS) is 13.8. The third-order valence-electron chi connectivity index (χ3n) is 1.44. The molecular weight excluding hydrogens is 363 g/mol. The van der Waals surface area contributed by atoms with Gasteiger partial charge in [-0.15, -0.1) is 0 Å². The Morgan fingerprint density at radius 3 is 2.00 bits per heavy atom. The van der Waals surface area contributed by atoms with Crippen molar-refractivity contribution >= 4 is 25.4 Å². The van der Waals surface area contributed by atoms with E-state index >= 15 is 0 Å². The van der Waals surface area contributed by atoms with Crippen LogP contribution < -0.4 is 4.98 Å². The molecule has 13 heavy (non-hydrogen) atoms. The smallest absolute Gasteiger partial charge is 0.166 e. The molecule has 0 radical (unpaired) electrons. The molecule has 0 saturated carbocycles. The van der Waals surface area contributed by atoms with Crippen molar-refractivity contribution in [2.75, 3.05) is 0 Å². The summed E-state index contributed by atoms with van der Waals surface area (Å²) in [6.45, 7) is 0. The molecule has 0 aromatic carbocycles. The van der Waals surface area contributed by atoms with Crippen molar-refractivity contribution in [2.45, 2.75) is 4.13 Å². The number of nitrogens with one attached hydrogen (secondary N) is 1. The Labute approximate surface area is 84.8 Å². The van der Waals surface area contributed by atoms with E-state index in [9.17, 15) is 4.79 Å². The summed E-state index contributed by atoms with van der Waals surface area (Å²) in [5, 5.41) is 8.27. The van der Waals surface area contributed by atoms with Gasteiger partial charge in [0.2, 0.25) is 0 Å². The Kier molecular flexibility index (Phi) is 4.62. The second kappa shape index (κ2) is 5.81. The minimum Gasteiger partial charge on any atom is -0.218 e. The van der Waals surface area contributed by atoms with Gasteiger partial charge in [0.05, 0.1) is 0 Å². The van der Waals surface area contributed by atoms with Crippen LogP contribution in [0.4, 0.5) is 4.79 Å². The number of pyridine rings is 1. The van der Waals surface area contributed by atoms with Crippen molar-refractivity contribution in [3.05, 3.63) is 40.5 Å². The summed E-state index contributed by atoms with van der Waals surface area (Å²) < 4.78 is 2.32. The summed E-state index contributed by atoms with van der Waals surface area (Å²) in [6, 6.07) is 5.86. The first-order valence-electron chi connectivity index (χ1n) is 3.88. The van der Waals surface area contributed by atoms with Crippen LogP contribution in [-0.4, -0.2) is 30.5 Å². The van der Waals surface area contributed by atoms with E-state index in [4.69, 9.17) is 5.11 Å². The molecule has 0 fully saturated rings. The molecule has 0 unspecified atom stereocenters. The molecule has 0 amide bonds. The number of aromatic amines is 1. The fourth-order valence-electron chi connectivity index (χ4n) is 0.695. The maximum atomic E-state index is 10.0. The number of carboxylic acid groups (broad SMARTS) is 1. The van der Waals surface area contributed by atoms with Gasteiger partial charge in [0.15, 0.2) is 12.4 Å². The maximum Gasteiger partial charge on any atom is 0.166 e. The van der Waals surface area contributed by atoms with Crippen molar-refractivity contribution < 1.29 is 14.9 Å². The average Bonchev–Trinajstić information content (AvgIpc) is 2.04. The molecule has 2 rings (SSSR count). The minimum atomic E-state index is -1.88. The third-order valence-corrected chi connectivity index (χ3v) is 7.92. The summed E-state index contributed by atoms with van der Waals surface area (Å²) in [7, 11) is 0. The van der Waals surface area contributed by atoms with Crippen LogP contribution >= 0.6 is 0 Å². The number of allylic oxidation sites excluding steroid dienone is 1. The molecular formula is C9H11BiNO2+. The van der Waals surface area contributed by atoms with Crippen LogP contribution in [0.5, 0.6) is 0 Å². The quantitative estimate of drug-likeness (QED) is 0.755. The van der Waals surface area contributed by atoms with Crippen molar-refractivity contribution in [3.8, 4) is 0 Å². The van der Waals surface area contributed by atoms with E-state index in [1.54, 1.807) is 0 Å². The number of H-pyrrole nitrogens is 1. The summed E-state index contributed by atoms with van der Waals surface area (Å²) >= 11 is -1.88. The van der Waals surface area contributed by atoms with Crippen LogP contribution in [0, 0.1) is 0 Å². The zero-order chi connectivity index (χ0) is 9.52. The molecule has 1 aliphatic rings. The molecule has 1 aromatic rings. The van der Waals surface area contributed by atoms with Crippen LogP contribution in [0.1, 0.15) is 0 Å². The Morgan fingerprint density at radius 1 is 1.31 bits per heavy atom. The monoisotopic (exact) mass is 374 g/mol. The van der Waals surface area contributed by atoms with E-state index in [1.807, 2.05) is 40.5 Å². The van der Waals surface area contributed by atoms with Crippen LogP contribution in [-0.2, 0) is 0 Å². The molecule has 2 N–H and O–H groups in total. The average molecular weight is 374 g/mol. The zero-order valence-electron chi connectivity index (χ0n) is 7.05. The molecule has 4 heteroatoms. The number of rotatable bonds is 1. The van der Waals surface area contributed by atoms with Crippen LogP contribution in [0.2, 0.25) is 4.13 Å². The Hall–Kier alpha value is -0.757. The number of aromatic nitrogens is 1. The molecule has 0 bridgehead atoms. The van der Waals surface area contributed by atoms with E-state index in [2.05, 4.69) is 4.98 Å². The third kappa shape index (κ3) is 4.13. The molecule has 0 saturated heterocycles. The minimum absolute atomic E-state index is 0.502. The molecule has 0 atom stereocenters. The SMILES string of the molecule is O=[C](O)[Bi]1[CH]=C[CH2]1.c1cc[nH+]cc1. The molecule has 68 valence electrons. The Bertz CT molecular complexity index is 260. The van der Waals surface area contributed by atoms with Crippen LogP contribution in [0.25, 0.3) is 0 Å². The van der Waals surface area contributed by atoms with Gasteiger partial charge >= 0.3 is 49.3 Å². The summed E-state index contributed by atoms with van der Waals surface area (Å²) in [5.74, 6) is 0. The van der Waals surface area contributed by atoms with Gasteiger partial charge in [-0.2, -0.15) is 0 Å². The molecule has 1 aromatic heterocycles. The first kappa shape index (κ1) is 10.3. The predicted molar refractivity (Wildman–Crippen MR) is 50.7 cm³/mol. The Morgan fingerprint density at radius 2 is 1.92 bits per heavy atom. The predicted octanol–water partition coefficient (Wildman–Crippen LogP) is 1.35. The van der Waals surface area contributed by atoms with Gasteiger partial charge in [0, 0.05) is 12.1 Å². The van der Waals surface area contributed by atoms with Crippen molar-refractivity contribution in [1.82, 2.24) is 0 Å². The second-order valence-corrected chi connectivity index (χ2v) is 10.1. The standard InChI is InChI=1S/C5H5N.C3H4.CHO2.Bi/c1-2-4-6-5-3-1;1-3-2;2-1-3;/h1-5H;1,3H,2H2;(H,2,3);/p+1. The molecule has 2 heterocycles. The van der Waals surface area contributed by atoms with E-state index < -0.39 is 25.4 Å². The van der Waals surface area contributed by atoms with Gasteiger partial charge in [0.1, 0.15) is 0 Å². The van der Waals surface area contributed by atoms with E-state index in [1.165, 1.54) is 0 Å². The molecule has 0 spiro atoms. The van der Waals surface area contributed by atoms with E-state index in [0.717, 1.165) is 4.13 Å². The zero-order valence-corrected chi connectivity index (χ0v) is 10.5. The van der Waals surface area contributed by atoms with Crippen molar-refractivity contribution in [1.29, 1.82) is 0 Å². The Balaban J connectivity index is 0.000000132. The summed E-state index contributed by atoms with van der Waals surface area (Å²) in [6.07, 6.45) is 5.70. The summed E-state index contributed by atoms with van der Waals surface area (Å²) in [4.78, 5) is 12.9. The fourth-order valence-corrected chi connectivity index (χ4v) is 3.44.